The van der Waals surface area contributed by atoms with Crippen LogP contribution in [0.3, 0.4) is 0 Å². The highest BCUT2D eigenvalue weighted by Crippen LogP contribution is 2.18. The number of morpholine rings is 1. The van der Waals surface area contributed by atoms with E-state index in [0.29, 0.717) is 26.3 Å². The van der Waals surface area contributed by atoms with Crippen LogP contribution >= 0.6 is 0 Å². The highest BCUT2D eigenvalue weighted by Gasteiger charge is 2.26. The normalized spacial score (nSPS) is 19.4. The van der Waals surface area contributed by atoms with Crippen molar-refractivity contribution in [2.75, 3.05) is 46.9 Å². The predicted molar refractivity (Wildman–Crippen MR) is 74.5 cm³/mol. The average molecular weight is 303 g/mol. The van der Waals surface area contributed by atoms with Crippen molar-refractivity contribution in [3.8, 4) is 0 Å². The van der Waals surface area contributed by atoms with E-state index < -0.39 is 10.2 Å². The van der Waals surface area contributed by atoms with E-state index in [9.17, 15) is 8.42 Å². The molecule has 2 heterocycles. The molecule has 1 aliphatic heterocycles. The maximum atomic E-state index is 12.2. The van der Waals surface area contributed by atoms with E-state index in [2.05, 4.69) is 4.72 Å². The first-order valence-corrected chi connectivity index (χ1v) is 7.97. The van der Waals surface area contributed by atoms with Gasteiger partial charge in [0.25, 0.3) is 10.2 Å². The lowest BCUT2D eigenvalue weighted by molar-refractivity contribution is 0.0723. The SMILES string of the molecule is CN(C)[C@@H](CNS(=O)(=O)N1CCOCC1)c1ccco1. The highest BCUT2D eigenvalue weighted by atomic mass is 32.2. The molecule has 2 rings (SSSR count). The Bertz CT molecular complexity index is 495. The molecule has 1 aliphatic rings. The van der Waals surface area contributed by atoms with Gasteiger partial charge < -0.3 is 9.15 Å². The molecule has 8 heteroatoms. The van der Waals surface area contributed by atoms with Crippen molar-refractivity contribution in [3.05, 3.63) is 24.2 Å². The Morgan fingerprint density at radius 3 is 2.65 bits per heavy atom. The molecule has 0 unspecified atom stereocenters. The van der Waals surface area contributed by atoms with E-state index in [4.69, 9.17) is 9.15 Å². The molecule has 1 saturated heterocycles. The van der Waals surface area contributed by atoms with Gasteiger partial charge in [-0.05, 0) is 26.2 Å². The lowest BCUT2D eigenvalue weighted by atomic mass is 10.2. The third-order valence-electron chi connectivity index (χ3n) is 3.26. The molecule has 0 amide bonds. The first-order chi connectivity index (χ1) is 9.50. The summed E-state index contributed by atoms with van der Waals surface area (Å²) in [6.45, 7) is 1.93. The first-order valence-electron chi connectivity index (χ1n) is 6.53. The zero-order valence-corrected chi connectivity index (χ0v) is 12.6. The third kappa shape index (κ3) is 3.80. The summed E-state index contributed by atoms with van der Waals surface area (Å²) < 4.78 is 39.0. The van der Waals surface area contributed by atoms with Gasteiger partial charge in [0.05, 0.1) is 25.5 Å². The van der Waals surface area contributed by atoms with Crippen LogP contribution in [0.1, 0.15) is 11.8 Å². The second-order valence-electron chi connectivity index (χ2n) is 4.86. The van der Waals surface area contributed by atoms with Gasteiger partial charge >= 0.3 is 0 Å². The summed E-state index contributed by atoms with van der Waals surface area (Å²) in [5.41, 5.74) is 0. The van der Waals surface area contributed by atoms with E-state index in [-0.39, 0.29) is 12.6 Å². The van der Waals surface area contributed by atoms with Crippen LogP contribution in [-0.2, 0) is 14.9 Å². The second kappa shape index (κ2) is 6.68. The number of furan rings is 1. The number of rotatable bonds is 6. The second-order valence-corrected chi connectivity index (χ2v) is 6.61. The Kier molecular flexibility index (Phi) is 5.17. The van der Waals surface area contributed by atoms with Crippen LogP contribution in [0, 0.1) is 0 Å². The standard InChI is InChI=1S/C12H21N3O4S/c1-14(2)11(12-4-3-7-19-12)10-13-20(16,17)15-5-8-18-9-6-15/h3-4,7,11,13H,5-6,8-10H2,1-2H3/t11-/m0/s1. The number of nitrogens with one attached hydrogen (secondary N) is 1. The van der Waals surface area contributed by atoms with Crippen LogP contribution in [0.2, 0.25) is 0 Å². The topological polar surface area (TPSA) is 75.0 Å². The quantitative estimate of drug-likeness (QED) is 0.804. The Hall–Kier alpha value is -0.930. The molecule has 0 saturated carbocycles. The number of hydrogen-bond donors (Lipinski definition) is 1. The van der Waals surface area contributed by atoms with Gasteiger partial charge in [-0.1, -0.05) is 0 Å². The molecule has 0 bridgehead atoms. The summed E-state index contributed by atoms with van der Waals surface area (Å²) in [5, 5.41) is 0. The van der Waals surface area contributed by atoms with Crippen molar-refractivity contribution < 1.29 is 17.6 Å². The monoisotopic (exact) mass is 303 g/mol. The summed E-state index contributed by atoms with van der Waals surface area (Å²) in [7, 11) is 0.302. The molecule has 0 spiro atoms. The molecule has 1 aromatic heterocycles. The molecule has 0 aliphatic carbocycles. The van der Waals surface area contributed by atoms with Gasteiger partial charge in [0.1, 0.15) is 5.76 Å². The number of nitrogens with zero attached hydrogens (tertiary/aromatic N) is 2. The van der Waals surface area contributed by atoms with Gasteiger partial charge in [-0.15, -0.1) is 0 Å². The minimum Gasteiger partial charge on any atom is -0.468 e. The van der Waals surface area contributed by atoms with Crippen molar-refractivity contribution in [1.29, 1.82) is 0 Å². The maximum absolute atomic E-state index is 12.2. The van der Waals surface area contributed by atoms with Gasteiger partial charge in [0.15, 0.2) is 0 Å². The molecule has 1 N–H and O–H groups in total. The molecule has 1 atom stereocenters. The fourth-order valence-corrected chi connectivity index (χ4v) is 3.26. The van der Waals surface area contributed by atoms with Crippen LogP contribution in [-0.4, -0.2) is 64.6 Å². The zero-order chi connectivity index (χ0) is 14.6. The Morgan fingerprint density at radius 1 is 1.40 bits per heavy atom. The predicted octanol–water partition coefficient (Wildman–Crippen LogP) is 0.0489. The summed E-state index contributed by atoms with van der Waals surface area (Å²) in [6, 6.07) is 3.50. The minimum atomic E-state index is -3.47. The van der Waals surface area contributed by atoms with Crippen molar-refractivity contribution in [2.24, 2.45) is 0 Å². The molecular weight excluding hydrogens is 282 g/mol. The average Bonchev–Trinajstić information content (AvgIpc) is 2.93. The maximum Gasteiger partial charge on any atom is 0.279 e. The van der Waals surface area contributed by atoms with Gasteiger partial charge in [-0.25, -0.2) is 4.72 Å². The van der Waals surface area contributed by atoms with E-state index in [1.807, 2.05) is 25.1 Å². The molecular formula is C12H21N3O4S. The van der Waals surface area contributed by atoms with Crippen molar-refractivity contribution in [1.82, 2.24) is 13.9 Å². The first kappa shape index (κ1) is 15.5. The van der Waals surface area contributed by atoms with Gasteiger partial charge in [0.2, 0.25) is 0 Å². The Balaban J connectivity index is 1.98. The zero-order valence-electron chi connectivity index (χ0n) is 11.8. The lowest BCUT2D eigenvalue weighted by Crippen LogP contribution is -2.48. The van der Waals surface area contributed by atoms with Crippen LogP contribution in [0.15, 0.2) is 22.8 Å². The molecule has 1 aromatic rings. The van der Waals surface area contributed by atoms with E-state index in [1.165, 1.54) is 4.31 Å². The third-order valence-corrected chi connectivity index (χ3v) is 4.84. The lowest BCUT2D eigenvalue weighted by Gasteiger charge is -2.28. The smallest absolute Gasteiger partial charge is 0.279 e. The number of ether oxygens (including phenoxy) is 1. The Morgan fingerprint density at radius 2 is 2.10 bits per heavy atom. The van der Waals surface area contributed by atoms with Crippen LogP contribution in [0.25, 0.3) is 0 Å². The van der Waals surface area contributed by atoms with Gasteiger partial charge in [0, 0.05) is 19.6 Å². The highest BCUT2D eigenvalue weighted by molar-refractivity contribution is 7.87. The molecule has 1 fully saturated rings. The van der Waals surface area contributed by atoms with Crippen molar-refractivity contribution in [3.63, 3.8) is 0 Å². The van der Waals surface area contributed by atoms with Crippen LogP contribution in [0.5, 0.6) is 0 Å². The van der Waals surface area contributed by atoms with E-state index in [1.54, 1.807) is 12.3 Å². The van der Waals surface area contributed by atoms with Gasteiger partial charge in [-0.2, -0.15) is 12.7 Å². The molecule has 0 radical (unpaired) electrons. The van der Waals surface area contributed by atoms with Crippen molar-refractivity contribution in [2.45, 2.75) is 6.04 Å². The van der Waals surface area contributed by atoms with Crippen molar-refractivity contribution >= 4 is 10.2 Å². The van der Waals surface area contributed by atoms with Crippen LogP contribution in [0.4, 0.5) is 0 Å². The van der Waals surface area contributed by atoms with Crippen LogP contribution < -0.4 is 4.72 Å². The van der Waals surface area contributed by atoms with Gasteiger partial charge in [-0.3, -0.25) is 4.90 Å². The van der Waals surface area contributed by atoms with E-state index in [0.717, 1.165) is 5.76 Å². The summed E-state index contributed by atoms with van der Waals surface area (Å²) in [6.07, 6.45) is 1.59. The fourth-order valence-electron chi connectivity index (χ4n) is 2.08. The summed E-state index contributed by atoms with van der Waals surface area (Å²) in [5.74, 6) is 0.736. The summed E-state index contributed by atoms with van der Waals surface area (Å²) >= 11 is 0. The number of likely N-dealkylation sites (N-methyl/N-ethyl adjacent to an activating group) is 1. The molecule has 7 nitrogen and oxygen atoms in total. The largest absolute Gasteiger partial charge is 0.468 e. The molecule has 0 aromatic carbocycles. The summed E-state index contributed by atoms with van der Waals surface area (Å²) in [4.78, 5) is 1.92. The minimum absolute atomic E-state index is 0.138. The molecule has 114 valence electrons. The van der Waals surface area contributed by atoms with E-state index >= 15 is 0 Å². The Labute approximate surface area is 119 Å². The molecule has 20 heavy (non-hydrogen) atoms. The fraction of sp³-hybridized carbons (Fsp3) is 0.667. The number of hydrogen-bond acceptors (Lipinski definition) is 5.